The van der Waals surface area contributed by atoms with Gasteiger partial charge in [-0.3, -0.25) is 9.58 Å². The summed E-state index contributed by atoms with van der Waals surface area (Å²) in [5.74, 6) is 0. The number of rotatable bonds is 5. The molecule has 21 heavy (non-hydrogen) atoms. The summed E-state index contributed by atoms with van der Waals surface area (Å²) in [6.45, 7) is 6.67. The van der Waals surface area contributed by atoms with E-state index in [1.165, 1.54) is 50.9 Å². The quantitative estimate of drug-likeness (QED) is 0.823. The minimum atomic E-state index is 0.444. The maximum atomic E-state index is 5.20. The van der Waals surface area contributed by atoms with E-state index in [1.807, 2.05) is 17.9 Å². The van der Waals surface area contributed by atoms with E-state index < -0.39 is 0 Å². The first kappa shape index (κ1) is 15.0. The van der Waals surface area contributed by atoms with Gasteiger partial charge in [-0.25, -0.2) is 0 Å². The number of nitrogens with zero attached hydrogens (tertiary/aromatic N) is 4. The molecule has 0 saturated carbocycles. The van der Waals surface area contributed by atoms with Gasteiger partial charge in [-0.2, -0.15) is 5.10 Å². The summed E-state index contributed by atoms with van der Waals surface area (Å²) < 4.78 is 7.11. The molecule has 1 aromatic heterocycles. The van der Waals surface area contributed by atoms with Crippen molar-refractivity contribution in [2.45, 2.75) is 37.8 Å². The fourth-order valence-electron chi connectivity index (χ4n) is 3.99. The van der Waals surface area contributed by atoms with Gasteiger partial charge >= 0.3 is 0 Å². The highest BCUT2D eigenvalue weighted by Crippen LogP contribution is 2.39. The van der Waals surface area contributed by atoms with Crippen LogP contribution in [-0.4, -0.2) is 65.0 Å². The number of hydrogen-bond donors (Lipinski definition) is 0. The van der Waals surface area contributed by atoms with Crippen LogP contribution in [0.15, 0.2) is 12.4 Å². The molecular formula is C16H28N4O. The third-order valence-corrected chi connectivity index (χ3v) is 5.27. The summed E-state index contributed by atoms with van der Waals surface area (Å²) in [7, 11) is 3.79. The van der Waals surface area contributed by atoms with Gasteiger partial charge in [-0.1, -0.05) is 0 Å². The minimum absolute atomic E-state index is 0.444. The van der Waals surface area contributed by atoms with Crippen LogP contribution in [0, 0.1) is 0 Å². The molecule has 0 atom stereocenters. The van der Waals surface area contributed by atoms with Crippen molar-refractivity contribution >= 4 is 0 Å². The van der Waals surface area contributed by atoms with E-state index in [4.69, 9.17) is 4.74 Å². The Morgan fingerprint density at radius 1 is 1.24 bits per heavy atom. The molecule has 118 valence electrons. The van der Waals surface area contributed by atoms with Crippen LogP contribution >= 0.6 is 0 Å². The predicted octanol–water partition coefficient (Wildman–Crippen LogP) is 1.50. The van der Waals surface area contributed by atoms with Crippen LogP contribution in [0.1, 0.15) is 31.2 Å². The number of piperidine rings is 1. The number of methoxy groups -OCH3 is 1. The SMILES string of the molecule is COCCN1CCC2(CCCN2Cc2cnn(C)c2)CC1. The topological polar surface area (TPSA) is 33.5 Å². The van der Waals surface area contributed by atoms with Crippen LogP contribution < -0.4 is 0 Å². The maximum Gasteiger partial charge on any atom is 0.0589 e. The van der Waals surface area contributed by atoms with Gasteiger partial charge in [-0.05, 0) is 45.3 Å². The van der Waals surface area contributed by atoms with Gasteiger partial charge in [0.25, 0.3) is 0 Å². The molecule has 0 amide bonds. The van der Waals surface area contributed by atoms with Crippen molar-refractivity contribution in [1.29, 1.82) is 0 Å². The fourth-order valence-corrected chi connectivity index (χ4v) is 3.99. The zero-order chi connectivity index (χ0) is 14.7. The number of ether oxygens (including phenoxy) is 1. The van der Waals surface area contributed by atoms with Crippen molar-refractivity contribution in [2.24, 2.45) is 7.05 Å². The Labute approximate surface area is 127 Å². The third kappa shape index (κ3) is 3.30. The van der Waals surface area contributed by atoms with E-state index in [2.05, 4.69) is 21.1 Å². The fraction of sp³-hybridized carbons (Fsp3) is 0.812. The monoisotopic (exact) mass is 292 g/mol. The maximum absolute atomic E-state index is 5.20. The predicted molar refractivity (Wildman–Crippen MR) is 83.1 cm³/mol. The molecule has 2 fully saturated rings. The largest absolute Gasteiger partial charge is 0.383 e. The molecule has 5 heteroatoms. The summed E-state index contributed by atoms with van der Waals surface area (Å²) >= 11 is 0. The Kier molecular flexibility index (Phi) is 4.62. The lowest BCUT2D eigenvalue weighted by molar-refractivity contribution is 0.0379. The van der Waals surface area contributed by atoms with E-state index >= 15 is 0 Å². The number of aromatic nitrogens is 2. The molecule has 2 saturated heterocycles. The van der Waals surface area contributed by atoms with Crippen LogP contribution in [0.25, 0.3) is 0 Å². The molecule has 3 rings (SSSR count). The van der Waals surface area contributed by atoms with Crippen LogP contribution in [0.3, 0.4) is 0 Å². The lowest BCUT2D eigenvalue weighted by atomic mass is 9.85. The Morgan fingerprint density at radius 3 is 2.71 bits per heavy atom. The molecule has 0 aromatic carbocycles. The van der Waals surface area contributed by atoms with E-state index in [9.17, 15) is 0 Å². The third-order valence-electron chi connectivity index (χ3n) is 5.27. The average molecular weight is 292 g/mol. The summed E-state index contributed by atoms with van der Waals surface area (Å²) in [4.78, 5) is 5.27. The highest BCUT2D eigenvalue weighted by atomic mass is 16.5. The van der Waals surface area contributed by atoms with Crippen molar-refractivity contribution < 1.29 is 4.74 Å². The van der Waals surface area contributed by atoms with Gasteiger partial charge in [0.05, 0.1) is 12.8 Å². The van der Waals surface area contributed by atoms with Crippen LogP contribution in [0.4, 0.5) is 0 Å². The zero-order valence-electron chi connectivity index (χ0n) is 13.4. The molecule has 0 aliphatic carbocycles. The van der Waals surface area contributed by atoms with Gasteiger partial charge in [-0.15, -0.1) is 0 Å². The average Bonchev–Trinajstić information content (AvgIpc) is 3.07. The summed E-state index contributed by atoms with van der Waals surface area (Å²) in [6, 6.07) is 0. The molecule has 1 spiro atoms. The van der Waals surface area contributed by atoms with Crippen molar-refractivity contribution in [3.05, 3.63) is 18.0 Å². The zero-order valence-corrected chi connectivity index (χ0v) is 13.4. The summed E-state index contributed by atoms with van der Waals surface area (Å²) in [6.07, 6.45) is 9.48. The highest BCUT2D eigenvalue weighted by Gasteiger charge is 2.42. The number of hydrogen-bond acceptors (Lipinski definition) is 4. The molecular weight excluding hydrogens is 264 g/mol. The first-order chi connectivity index (χ1) is 10.2. The smallest absolute Gasteiger partial charge is 0.0589 e. The molecule has 0 radical (unpaired) electrons. The van der Waals surface area contributed by atoms with Crippen LogP contribution in [0.5, 0.6) is 0 Å². The summed E-state index contributed by atoms with van der Waals surface area (Å²) in [5.41, 5.74) is 1.79. The molecule has 0 unspecified atom stereocenters. The van der Waals surface area contributed by atoms with E-state index in [0.717, 1.165) is 19.7 Å². The summed E-state index contributed by atoms with van der Waals surface area (Å²) in [5, 5.41) is 4.31. The molecule has 2 aliphatic rings. The molecule has 3 heterocycles. The molecule has 2 aliphatic heterocycles. The van der Waals surface area contributed by atoms with Gasteiger partial charge in [0, 0.05) is 44.5 Å². The second kappa shape index (κ2) is 6.46. The molecule has 1 aromatic rings. The van der Waals surface area contributed by atoms with E-state index in [0.29, 0.717) is 5.54 Å². The van der Waals surface area contributed by atoms with Gasteiger partial charge in [0.15, 0.2) is 0 Å². The minimum Gasteiger partial charge on any atom is -0.383 e. The molecule has 0 bridgehead atoms. The normalized spacial score (nSPS) is 23.1. The standard InChI is InChI=1S/C16H28N4O/c1-18-13-15(12-17-18)14-20-7-3-4-16(20)5-8-19(9-6-16)10-11-21-2/h12-13H,3-11,14H2,1-2H3. The molecule has 5 nitrogen and oxygen atoms in total. The van der Waals surface area contributed by atoms with E-state index in [-0.39, 0.29) is 0 Å². The van der Waals surface area contributed by atoms with Crippen molar-refractivity contribution in [3.63, 3.8) is 0 Å². The van der Waals surface area contributed by atoms with Gasteiger partial charge in [0.2, 0.25) is 0 Å². The second-order valence-electron chi connectivity index (χ2n) is 6.61. The number of likely N-dealkylation sites (tertiary alicyclic amines) is 2. The van der Waals surface area contributed by atoms with Crippen molar-refractivity contribution in [1.82, 2.24) is 19.6 Å². The Bertz CT molecular complexity index is 451. The Hall–Kier alpha value is -0.910. The first-order valence-electron chi connectivity index (χ1n) is 8.16. The van der Waals surface area contributed by atoms with E-state index in [1.54, 1.807) is 7.11 Å². The molecule has 0 N–H and O–H groups in total. The Morgan fingerprint density at radius 2 is 2.05 bits per heavy atom. The lowest BCUT2D eigenvalue weighted by Crippen LogP contribution is -2.52. The van der Waals surface area contributed by atoms with Crippen molar-refractivity contribution in [2.75, 3.05) is 39.9 Å². The van der Waals surface area contributed by atoms with Crippen molar-refractivity contribution in [3.8, 4) is 0 Å². The van der Waals surface area contributed by atoms with Gasteiger partial charge < -0.3 is 9.64 Å². The lowest BCUT2D eigenvalue weighted by Gasteiger charge is -2.45. The van der Waals surface area contributed by atoms with Crippen LogP contribution in [0.2, 0.25) is 0 Å². The Balaban J connectivity index is 1.59. The first-order valence-corrected chi connectivity index (χ1v) is 8.16. The van der Waals surface area contributed by atoms with Crippen LogP contribution in [-0.2, 0) is 18.3 Å². The highest BCUT2D eigenvalue weighted by molar-refractivity contribution is 5.08. The van der Waals surface area contributed by atoms with Gasteiger partial charge in [0.1, 0.15) is 0 Å². The number of aryl methyl sites for hydroxylation is 1. The second-order valence-corrected chi connectivity index (χ2v) is 6.61.